The first kappa shape index (κ1) is 98.5. The molecule has 7 aromatic carbocycles. The minimum Gasteiger partial charge on any atom is -0.508 e. The molecule has 0 spiro atoms. The Hall–Kier alpha value is -13.9. The Labute approximate surface area is 741 Å². The number of allylic oxidation sites excluding steroid dienone is 12. The number of benzene rings is 7. The lowest BCUT2D eigenvalue weighted by atomic mass is 9.98. The van der Waals surface area contributed by atoms with Gasteiger partial charge in [-0.2, -0.15) is 0 Å². The van der Waals surface area contributed by atoms with E-state index in [0.29, 0.717) is 85.0 Å². The number of phenolic OH excluding ortho intramolecular Hbond substituents is 8. The van der Waals surface area contributed by atoms with Crippen molar-refractivity contribution in [2.24, 2.45) is 38.4 Å². The zero-order valence-corrected chi connectivity index (χ0v) is 72.8. The number of cyclic esters (lactones) is 4. The molecule has 0 radical (unpaired) electrons. The second kappa shape index (κ2) is 52.7. The molecular weight excluding hydrogens is 1620 g/mol. The van der Waals surface area contributed by atoms with Crippen LogP contribution in [0.5, 0.6) is 46.0 Å². The van der Waals surface area contributed by atoms with Crippen LogP contribution in [0.1, 0.15) is 212 Å². The number of carboxylic acids is 1. The van der Waals surface area contributed by atoms with Crippen LogP contribution in [0.25, 0.3) is 0 Å². The number of hydrogen-bond acceptors (Lipinski definition) is 25. The zero-order chi connectivity index (χ0) is 91.4. The van der Waals surface area contributed by atoms with Gasteiger partial charge in [0.1, 0.15) is 112 Å². The first-order chi connectivity index (χ1) is 61.2. The maximum absolute atomic E-state index is 13.3. The number of carboxylic acid groups (broad SMARTS) is 1. The van der Waals surface area contributed by atoms with Gasteiger partial charge in [-0.1, -0.05) is 226 Å². The lowest BCUT2D eigenvalue weighted by Gasteiger charge is -2.21. The van der Waals surface area contributed by atoms with Gasteiger partial charge in [0.25, 0.3) is 0 Å². The fraction of sp³-hybridized carbons (Fsp3) is 0.337. The highest BCUT2D eigenvalue weighted by Gasteiger charge is 2.30. The molecule has 4 aliphatic rings. The van der Waals surface area contributed by atoms with Gasteiger partial charge in [0.2, 0.25) is 6.61 Å². The van der Waals surface area contributed by atoms with Crippen LogP contribution < -0.4 is 0 Å². The van der Waals surface area contributed by atoms with Crippen molar-refractivity contribution in [3.05, 3.63) is 298 Å². The Morgan fingerprint density at radius 3 is 0.929 bits per heavy atom. The molecule has 4 heterocycles. The molecule has 672 valence electrons. The number of carbonyl (C=O) groups is 5. The van der Waals surface area contributed by atoms with Crippen LogP contribution in [0.2, 0.25) is 0 Å². The summed E-state index contributed by atoms with van der Waals surface area (Å²) in [5, 5.41) is 107. The summed E-state index contributed by atoms with van der Waals surface area (Å²) in [5.74, 6) is -5.54. The number of esters is 4. The highest BCUT2D eigenvalue weighted by atomic mass is 16.6. The Bertz CT molecular complexity index is 5150. The SMILES string of the molecule is CC(C)[C@@H]1C/C=C/CC/C=C/C(=NOCC(=O)O)Cc2cc(O)cc(O)c2C(=O)O1.CC(C)[C@@H]1C/C=C/CC/C=C/C(=NOCc2ccccc2)Cc2cc(O)cc(O)c2C(=O)O1.CCON=C1/C=C/CC/C=C/C[C@@H](C(C)C)OC(=O)c2c(O)cc(O)cc2C1.O=C1O[C@H](c2ccccc2)C/C=C/CC/C=C/C(=NOCc2ccccc2)Cc2cc(O)cc(O)c21. The molecule has 127 heavy (non-hydrogen) atoms. The number of hydrogen-bond donors (Lipinski definition) is 9. The number of fused-ring (bicyclic) bond motifs is 4. The van der Waals surface area contributed by atoms with E-state index in [2.05, 4.69) is 38.9 Å². The summed E-state index contributed by atoms with van der Waals surface area (Å²) < 4.78 is 23.0. The summed E-state index contributed by atoms with van der Waals surface area (Å²) in [4.78, 5) is 84.0. The maximum atomic E-state index is 13.3. The third-order valence-corrected chi connectivity index (χ3v) is 20.0. The summed E-state index contributed by atoms with van der Waals surface area (Å²) in [6.45, 7) is 14.1. The molecule has 4 atom stereocenters. The molecule has 4 aliphatic heterocycles. The summed E-state index contributed by atoms with van der Waals surface area (Å²) in [7, 11) is 0. The van der Waals surface area contributed by atoms with Crippen molar-refractivity contribution in [3.63, 3.8) is 0 Å². The fourth-order valence-electron chi connectivity index (χ4n) is 13.4. The normalized spacial score (nSPS) is 20.8. The van der Waals surface area contributed by atoms with Crippen molar-refractivity contribution in [1.82, 2.24) is 0 Å². The predicted molar refractivity (Wildman–Crippen MR) is 487 cm³/mol. The van der Waals surface area contributed by atoms with E-state index in [9.17, 15) is 64.8 Å². The van der Waals surface area contributed by atoms with Gasteiger partial charge in [0.05, 0.1) is 22.8 Å². The molecule has 9 N–H and O–H groups in total. The van der Waals surface area contributed by atoms with Gasteiger partial charge < -0.3 is 84.3 Å². The summed E-state index contributed by atoms with van der Waals surface area (Å²) in [6, 6.07) is 39.0. The van der Waals surface area contributed by atoms with E-state index in [1.54, 1.807) is 6.08 Å². The number of phenols is 8. The quantitative estimate of drug-likeness (QED) is 0.0199. The van der Waals surface area contributed by atoms with Gasteiger partial charge in [-0.3, -0.25) is 0 Å². The molecule has 11 rings (SSSR count). The summed E-state index contributed by atoms with van der Waals surface area (Å²) >= 11 is 0. The Morgan fingerprint density at radius 2 is 0.630 bits per heavy atom. The summed E-state index contributed by atoms with van der Waals surface area (Å²) in [5.41, 5.74) is 6.37. The van der Waals surface area contributed by atoms with Crippen LogP contribution in [-0.2, 0) is 82.0 Å². The molecule has 0 bridgehead atoms. The van der Waals surface area contributed by atoms with Crippen molar-refractivity contribution >= 4 is 52.7 Å². The molecule has 0 saturated carbocycles. The number of nitrogens with zero attached hydrogens (tertiary/aromatic N) is 4. The van der Waals surface area contributed by atoms with Crippen molar-refractivity contribution in [3.8, 4) is 46.0 Å². The number of oxime groups is 4. The van der Waals surface area contributed by atoms with Crippen molar-refractivity contribution in [2.75, 3.05) is 13.2 Å². The minimum atomic E-state index is -1.17. The van der Waals surface area contributed by atoms with Gasteiger partial charge in [-0.15, -0.1) is 0 Å². The van der Waals surface area contributed by atoms with E-state index in [1.807, 2.05) is 212 Å². The van der Waals surface area contributed by atoms with Crippen LogP contribution in [0.15, 0.2) is 257 Å². The lowest BCUT2D eigenvalue weighted by Crippen LogP contribution is -2.24. The standard InChI is InChI=1S/C30H29NO5.C27H31NO5.C22H27NO7.C22H29NO5/c32-26-19-24-18-25(31-35-21-22-12-6-4-7-13-22)16-10-2-1-3-11-17-28(23-14-8-5-9-15-23)36-30(34)29(24)27(33)20-26;1-19(2)25-14-10-5-3-4-9-13-22(28-32-18-20-11-7-6-8-12-20)15-21-16-23(29)17-24(30)26(21)27(31)33-25;1-14(2)19-9-7-5-3-4-6-8-16(23-29-13-20(26)27)10-15-11-17(24)12-18(25)21(15)22(28)30-19;1-4-27-23-17-10-8-6-5-7-9-11-20(15(2)3)28-22(26)21-16(12-17)13-18(24)14-19(21)25/h3-16,19-20,28,32-33H,1-2,17-18,21H2;5-13,16-17,19,25,29-30H,3-4,14-15,18H2,1-2H3;5-8,11-12,14,19,24-25H,3-4,9-10,13H2,1-2H3,(H,26,27);7-10,13-15,20,24-25H,4-6,11-12H2,1-3H3/b11-3+,16-10+,31-25?;10-5+,13-9+,28-22?;7-5+,8-6+,23-16?;9-7+,10-8+,23-17?/t28-;25-;19-;20-/m0000/s1. The Morgan fingerprint density at radius 1 is 0.354 bits per heavy atom. The number of ether oxygens (including phenoxy) is 4. The molecule has 26 heteroatoms. The maximum Gasteiger partial charge on any atom is 0.344 e. The molecule has 0 aromatic heterocycles. The van der Waals surface area contributed by atoms with E-state index in [0.717, 1.165) is 92.3 Å². The highest BCUT2D eigenvalue weighted by Crippen LogP contribution is 2.36. The van der Waals surface area contributed by atoms with E-state index in [1.165, 1.54) is 24.3 Å². The summed E-state index contributed by atoms with van der Waals surface area (Å²) in [6.07, 6.45) is 39.0. The second-order valence-corrected chi connectivity index (χ2v) is 31.3. The van der Waals surface area contributed by atoms with Crippen molar-refractivity contribution in [1.29, 1.82) is 0 Å². The topological polar surface area (TPSA) is 391 Å². The first-order valence-corrected chi connectivity index (χ1v) is 42.6. The van der Waals surface area contributed by atoms with Gasteiger partial charge in [0.15, 0.2) is 0 Å². The zero-order valence-electron chi connectivity index (χ0n) is 72.8. The largest absolute Gasteiger partial charge is 0.508 e. The molecular formula is C101H116N4O22. The first-order valence-electron chi connectivity index (χ1n) is 42.6. The monoisotopic (exact) mass is 1740 g/mol. The molecule has 0 unspecified atom stereocenters. The second-order valence-electron chi connectivity index (χ2n) is 31.3. The minimum absolute atomic E-state index is 0.000991. The van der Waals surface area contributed by atoms with Crippen LogP contribution in [0.4, 0.5) is 0 Å². The number of rotatable bonds is 15. The molecule has 0 amide bonds. The molecule has 0 saturated heterocycles. The Balaban J connectivity index is 0.000000210. The van der Waals surface area contributed by atoms with E-state index in [4.69, 9.17) is 43.4 Å². The third-order valence-electron chi connectivity index (χ3n) is 20.0. The number of aliphatic carboxylic acids is 1. The van der Waals surface area contributed by atoms with Crippen molar-refractivity contribution in [2.45, 2.75) is 189 Å². The van der Waals surface area contributed by atoms with Gasteiger partial charge >= 0.3 is 29.8 Å². The Kier molecular flexibility index (Phi) is 40.8. The average Bonchev–Trinajstić information content (AvgIpc) is 0.826. The van der Waals surface area contributed by atoms with Gasteiger partial charge in [0, 0.05) is 75.6 Å². The number of carbonyl (C=O) groups excluding carboxylic acids is 4. The smallest absolute Gasteiger partial charge is 0.344 e. The third kappa shape index (κ3) is 33.9. The van der Waals surface area contributed by atoms with E-state index in [-0.39, 0.29) is 130 Å². The van der Waals surface area contributed by atoms with Crippen LogP contribution in [0, 0.1) is 17.8 Å². The van der Waals surface area contributed by atoms with E-state index >= 15 is 0 Å². The van der Waals surface area contributed by atoms with Crippen LogP contribution >= 0.6 is 0 Å². The fourth-order valence-corrected chi connectivity index (χ4v) is 13.4. The highest BCUT2D eigenvalue weighted by molar-refractivity contribution is 6.04. The molecule has 0 aliphatic carbocycles. The van der Waals surface area contributed by atoms with E-state index < -0.39 is 48.3 Å². The molecule has 7 aromatic rings. The van der Waals surface area contributed by atoms with Gasteiger partial charge in [-0.25, -0.2) is 24.0 Å². The molecule has 0 fully saturated rings. The van der Waals surface area contributed by atoms with Gasteiger partial charge in [-0.05, 0) is 164 Å². The molecule has 26 nitrogen and oxygen atoms in total. The lowest BCUT2D eigenvalue weighted by molar-refractivity contribution is -0.142. The van der Waals surface area contributed by atoms with Crippen molar-refractivity contribution < 1.29 is 108 Å². The van der Waals surface area contributed by atoms with Crippen LogP contribution in [0.3, 0.4) is 0 Å². The average molecular weight is 1740 g/mol. The predicted octanol–water partition coefficient (Wildman–Crippen LogP) is 20.2. The van der Waals surface area contributed by atoms with Crippen LogP contribution in [-0.4, -0.2) is 130 Å². The number of aromatic hydroxyl groups is 8.